The monoisotopic (exact) mass is 728 g/mol. The van der Waals surface area contributed by atoms with E-state index < -0.39 is 11.9 Å². The van der Waals surface area contributed by atoms with E-state index in [-0.39, 0.29) is 44.1 Å². The summed E-state index contributed by atoms with van der Waals surface area (Å²) in [6, 6.07) is 4.19. The summed E-state index contributed by atoms with van der Waals surface area (Å²) in [5.41, 5.74) is 8.39. The number of aliphatic carboxylic acids is 1. The van der Waals surface area contributed by atoms with Crippen LogP contribution in [0, 0.1) is 68.0 Å². The molecule has 3 unspecified atom stereocenters. The molecule has 2 aromatic heterocycles. The van der Waals surface area contributed by atoms with Crippen molar-refractivity contribution in [2.75, 3.05) is 13.2 Å². The van der Waals surface area contributed by atoms with Gasteiger partial charge in [-0.2, -0.15) is 5.10 Å². The van der Waals surface area contributed by atoms with Crippen LogP contribution >= 0.6 is 0 Å². The fraction of sp³-hybridized carbons (Fsp3) is 0.778. The molecule has 3 heterocycles. The minimum absolute atomic E-state index is 0.0374. The van der Waals surface area contributed by atoms with Crippen molar-refractivity contribution in [1.29, 1.82) is 0 Å². The molecule has 5 aliphatic rings. The molecule has 7 rings (SSSR count). The highest BCUT2D eigenvalue weighted by Gasteiger charge is 2.71. The van der Waals surface area contributed by atoms with E-state index in [0.29, 0.717) is 36.2 Å². The van der Waals surface area contributed by atoms with Gasteiger partial charge in [0.2, 0.25) is 0 Å². The number of carboxylic acids is 1. The van der Waals surface area contributed by atoms with Gasteiger partial charge in [-0.05, 0) is 127 Å². The third-order valence-electron chi connectivity index (χ3n) is 17.9. The fourth-order valence-electron chi connectivity index (χ4n) is 13.5. The first-order valence-electron chi connectivity index (χ1n) is 20.8. The van der Waals surface area contributed by atoms with E-state index in [1.165, 1.54) is 0 Å². The van der Waals surface area contributed by atoms with Crippen molar-refractivity contribution < 1.29 is 14.6 Å². The van der Waals surface area contributed by atoms with Gasteiger partial charge in [-0.3, -0.25) is 9.78 Å². The van der Waals surface area contributed by atoms with Crippen molar-refractivity contribution in [2.45, 2.75) is 139 Å². The minimum Gasteiger partial charge on any atom is -0.481 e. The van der Waals surface area contributed by atoms with Crippen molar-refractivity contribution in [3.05, 3.63) is 42.5 Å². The smallest absolute Gasteiger partial charge is 0.307 e. The molecule has 0 radical (unpaired) electrons. The number of rotatable bonds is 8. The molecule has 1 saturated heterocycles. The second kappa shape index (κ2) is 12.7. The van der Waals surface area contributed by atoms with Crippen LogP contribution in [0.15, 0.2) is 42.5 Å². The summed E-state index contributed by atoms with van der Waals surface area (Å²) >= 11 is 0. The molecule has 53 heavy (non-hydrogen) atoms. The lowest BCUT2D eigenvalue weighted by Gasteiger charge is -2.71. The number of pyridine rings is 1. The van der Waals surface area contributed by atoms with Gasteiger partial charge in [0, 0.05) is 28.9 Å². The third-order valence-corrected chi connectivity index (χ3v) is 17.9. The predicted molar refractivity (Wildman–Crippen MR) is 211 cm³/mol. The second-order valence-corrected chi connectivity index (χ2v) is 21.2. The summed E-state index contributed by atoms with van der Waals surface area (Å²) in [7, 11) is 0. The van der Waals surface area contributed by atoms with Gasteiger partial charge in [0.1, 0.15) is 6.33 Å². The lowest BCUT2D eigenvalue weighted by Crippen LogP contribution is -2.68. The van der Waals surface area contributed by atoms with E-state index in [0.717, 1.165) is 69.4 Å². The molecule has 292 valence electrons. The molecule has 1 aliphatic heterocycles. The number of carbonyl (C=O) groups is 1. The van der Waals surface area contributed by atoms with Crippen LogP contribution in [0.2, 0.25) is 0 Å². The number of fused-ring (bicyclic) bond motifs is 3. The number of aromatic nitrogens is 4. The van der Waals surface area contributed by atoms with Crippen LogP contribution in [-0.2, 0) is 9.53 Å². The SMILES string of the molecule is CC(C)[C@@H](C)[C@@]1(C)CCC2(C)[C@H]3CC[C@@H]4C5(COC[C@]4(C)C(CC[C@](C)(N)C(C)(C)C)[C@H](n4ncnc4-c4ccncc4)C5)C3=CC[C@@]2(C)[C@@H]1C(=O)O. The largest absolute Gasteiger partial charge is 0.481 e. The van der Waals surface area contributed by atoms with Crippen molar-refractivity contribution in [3.8, 4) is 11.4 Å². The molecule has 0 spiro atoms. The van der Waals surface area contributed by atoms with E-state index >= 15 is 0 Å². The Labute approximate surface area is 319 Å². The molecule has 4 aliphatic carbocycles. The molecule has 2 bridgehead atoms. The van der Waals surface area contributed by atoms with E-state index in [4.69, 9.17) is 20.6 Å². The average Bonchev–Trinajstić information content (AvgIpc) is 3.57. The van der Waals surface area contributed by atoms with Crippen LogP contribution in [0.3, 0.4) is 0 Å². The maximum Gasteiger partial charge on any atom is 0.307 e. The zero-order chi connectivity index (χ0) is 38.6. The number of nitrogens with zero attached hydrogens (tertiary/aromatic N) is 4. The molecule has 8 heteroatoms. The van der Waals surface area contributed by atoms with Crippen molar-refractivity contribution in [3.63, 3.8) is 0 Å². The van der Waals surface area contributed by atoms with Crippen LogP contribution in [0.5, 0.6) is 0 Å². The molecule has 0 amide bonds. The van der Waals surface area contributed by atoms with Crippen molar-refractivity contribution >= 4 is 5.97 Å². The molecule has 3 N–H and O–H groups in total. The molecular formula is C45H69N5O3. The molecule has 3 saturated carbocycles. The lowest BCUT2D eigenvalue weighted by atomic mass is 9.34. The number of ether oxygens (including phenoxy) is 1. The number of nitrogens with two attached hydrogens (primary N) is 1. The van der Waals surface area contributed by atoms with E-state index in [1.807, 2.05) is 24.5 Å². The summed E-state index contributed by atoms with van der Waals surface area (Å²) in [5, 5.41) is 16.2. The van der Waals surface area contributed by atoms with E-state index in [9.17, 15) is 9.90 Å². The van der Waals surface area contributed by atoms with Gasteiger partial charge in [0.25, 0.3) is 0 Å². The Kier molecular flexibility index (Phi) is 9.29. The van der Waals surface area contributed by atoms with Crippen molar-refractivity contribution in [2.24, 2.45) is 73.7 Å². The van der Waals surface area contributed by atoms with E-state index in [1.54, 1.807) is 11.9 Å². The maximum absolute atomic E-state index is 13.6. The average molecular weight is 728 g/mol. The van der Waals surface area contributed by atoms with Crippen molar-refractivity contribution in [1.82, 2.24) is 19.7 Å². The summed E-state index contributed by atoms with van der Waals surface area (Å²) in [6.07, 6.45) is 15.9. The summed E-state index contributed by atoms with van der Waals surface area (Å²) < 4.78 is 9.14. The van der Waals surface area contributed by atoms with Crippen LogP contribution in [0.25, 0.3) is 11.4 Å². The zero-order valence-electron chi connectivity index (χ0n) is 34.7. The van der Waals surface area contributed by atoms with Gasteiger partial charge in [0.15, 0.2) is 5.82 Å². The zero-order valence-corrected chi connectivity index (χ0v) is 34.7. The molecule has 12 atom stereocenters. The van der Waals surface area contributed by atoms with Gasteiger partial charge >= 0.3 is 5.97 Å². The van der Waals surface area contributed by atoms with Crippen LogP contribution in [0.4, 0.5) is 0 Å². The summed E-state index contributed by atoms with van der Waals surface area (Å²) in [5.74, 6) is 1.72. The minimum atomic E-state index is -0.608. The van der Waals surface area contributed by atoms with Crippen LogP contribution in [0.1, 0.15) is 134 Å². The first-order valence-corrected chi connectivity index (χ1v) is 20.8. The summed E-state index contributed by atoms with van der Waals surface area (Å²) in [4.78, 5) is 22.8. The summed E-state index contributed by atoms with van der Waals surface area (Å²) in [6.45, 7) is 26.9. The highest BCUT2D eigenvalue weighted by Crippen LogP contribution is 2.76. The predicted octanol–water partition coefficient (Wildman–Crippen LogP) is 9.63. The first-order chi connectivity index (χ1) is 24.7. The maximum atomic E-state index is 13.6. The fourth-order valence-corrected chi connectivity index (χ4v) is 13.5. The molecule has 0 aromatic carbocycles. The number of hydrogen-bond acceptors (Lipinski definition) is 6. The Hall–Kier alpha value is -2.58. The third kappa shape index (κ3) is 5.48. The highest BCUT2D eigenvalue weighted by molar-refractivity contribution is 5.73. The van der Waals surface area contributed by atoms with E-state index in [2.05, 4.69) is 91.9 Å². The Morgan fingerprint density at radius 2 is 1.74 bits per heavy atom. The van der Waals surface area contributed by atoms with Gasteiger partial charge < -0.3 is 15.6 Å². The standard InChI is InChI=1S/C45H69N5O3/c1-28(2)29(3)40(7)20-21-42(9)31-12-13-35-41(8)25-53-26-45(35,32(31)14-18-43(42,10)36(40)38(51)52)24-34(33(41)15-19-44(11,46)39(4,5)6)50-37(48-27-49-50)30-16-22-47-23-17-30/h14,16-17,22-23,27-29,31,33-36H,12-13,15,18-21,24-26,46H2,1-11H3,(H,51,52)/t29-,31+,33?,34-,35+,36-,40-,41-,42?,43+,44+,45?/m1/s1. The second-order valence-electron chi connectivity index (χ2n) is 21.2. The first kappa shape index (κ1) is 38.7. The topological polar surface area (TPSA) is 116 Å². The number of hydrogen-bond donors (Lipinski definition) is 2. The van der Waals surface area contributed by atoms with Crippen LogP contribution < -0.4 is 5.73 Å². The van der Waals surface area contributed by atoms with Gasteiger partial charge in [-0.1, -0.05) is 80.9 Å². The van der Waals surface area contributed by atoms with Gasteiger partial charge in [-0.15, -0.1) is 0 Å². The lowest BCUT2D eigenvalue weighted by molar-refractivity contribution is -0.228. The quantitative estimate of drug-likeness (QED) is 0.260. The Morgan fingerprint density at radius 1 is 1.04 bits per heavy atom. The van der Waals surface area contributed by atoms with Crippen LogP contribution in [-0.4, -0.2) is 49.6 Å². The Bertz CT molecular complexity index is 1730. The highest BCUT2D eigenvalue weighted by atomic mass is 16.5. The molecular weight excluding hydrogens is 659 g/mol. The number of allylic oxidation sites excluding steroid dienone is 1. The Morgan fingerprint density at radius 3 is 2.38 bits per heavy atom. The van der Waals surface area contributed by atoms with Gasteiger partial charge in [0.05, 0.1) is 25.2 Å². The molecule has 2 aromatic rings. The van der Waals surface area contributed by atoms with Gasteiger partial charge in [-0.25, -0.2) is 9.67 Å². The molecule has 4 fully saturated rings. The normalized spacial score (nSPS) is 41.4. The number of carboxylic acid groups (broad SMARTS) is 1. The molecule has 8 nitrogen and oxygen atoms in total. The Balaban J connectivity index is 1.35.